The van der Waals surface area contributed by atoms with Crippen LogP contribution in [0.15, 0.2) is 12.1 Å². The van der Waals surface area contributed by atoms with Gasteiger partial charge in [-0.1, -0.05) is 6.07 Å². The molecule has 0 amide bonds. The molecule has 0 bridgehead atoms. The highest BCUT2D eigenvalue weighted by Crippen LogP contribution is 2.50. The first-order valence-electron chi connectivity index (χ1n) is 4.98. The van der Waals surface area contributed by atoms with Gasteiger partial charge in [0, 0.05) is 0 Å². The van der Waals surface area contributed by atoms with Crippen molar-refractivity contribution in [3.05, 3.63) is 34.6 Å². The Kier molecular flexibility index (Phi) is 2.07. The second-order valence-electron chi connectivity index (χ2n) is 4.31. The third kappa shape index (κ3) is 1.42. The molecule has 1 aromatic rings. The molecule has 1 aliphatic carbocycles. The van der Waals surface area contributed by atoms with E-state index < -0.39 is 11.4 Å². The van der Waals surface area contributed by atoms with Gasteiger partial charge in [0.05, 0.1) is 5.41 Å². The Morgan fingerprint density at radius 2 is 2.00 bits per heavy atom. The van der Waals surface area contributed by atoms with Gasteiger partial charge in [-0.15, -0.1) is 0 Å². The highest BCUT2D eigenvalue weighted by atomic mass is 19.1. The molecular weight excluding hydrogens is 195 g/mol. The van der Waals surface area contributed by atoms with E-state index in [1.165, 1.54) is 6.07 Å². The fourth-order valence-electron chi connectivity index (χ4n) is 2.03. The molecule has 1 fully saturated rings. The zero-order valence-corrected chi connectivity index (χ0v) is 8.80. The van der Waals surface area contributed by atoms with Gasteiger partial charge in [0.25, 0.3) is 0 Å². The Morgan fingerprint density at radius 3 is 2.47 bits per heavy atom. The molecule has 1 aromatic carbocycles. The predicted octanol–water partition coefficient (Wildman–Crippen LogP) is 2.56. The number of benzene rings is 1. The molecule has 0 aromatic heterocycles. The molecule has 1 N–H and O–H groups in total. The lowest BCUT2D eigenvalue weighted by Gasteiger charge is -2.14. The lowest BCUT2D eigenvalue weighted by molar-refractivity contribution is -0.140. The van der Waals surface area contributed by atoms with Crippen molar-refractivity contribution in [1.82, 2.24) is 0 Å². The first-order chi connectivity index (χ1) is 6.97. The third-order valence-corrected chi connectivity index (χ3v) is 3.16. The molecule has 0 radical (unpaired) electrons. The van der Waals surface area contributed by atoms with Crippen molar-refractivity contribution < 1.29 is 14.3 Å². The summed E-state index contributed by atoms with van der Waals surface area (Å²) >= 11 is 0. The van der Waals surface area contributed by atoms with Crippen LogP contribution in [0.4, 0.5) is 4.39 Å². The second-order valence-corrected chi connectivity index (χ2v) is 4.31. The van der Waals surface area contributed by atoms with E-state index in [1.807, 2.05) is 0 Å². The van der Waals surface area contributed by atoms with Crippen LogP contribution < -0.4 is 0 Å². The summed E-state index contributed by atoms with van der Waals surface area (Å²) in [5.74, 6) is -1.15. The van der Waals surface area contributed by atoms with Crippen molar-refractivity contribution in [2.24, 2.45) is 0 Å². The van der Waals surface area contributed by atoms with E-state index >= 15 is 0 Å². The van der Waals surface area contributed by atoms with Crippen LogP contribution in [-0.2, 0) is 10.2 Å². The van der Waals surface area contributed by atoms with E-state index in [-0.39, 0.29) is 5.82 Å². The topological polar surface area (TPSA) is 37.3 Å². The minimum absolute atomic E-state index is 0.308. The molecule has 2 rings (SSSR count). The summed E-state index contributed by atoms with van der Waals surface area (Å²) in [6.45, 7) is 3.43. The van der Waals surface area contributed by atoms with Crippen molar-refractivity contribution in [3.63, 3.8) is 0 Å². The standard InChI is InChI=1S/C12H13FO2/c1-7-5-9(8(2)10(13)6-7)12(3-4-12)11(14)15/h5-6H,3-4H2,1-2H3,(H,14,15). The van der Waals surface area contributed by atoms with Crippen LogP contribution in [-0.4, -0.2) is 11.1 Å². The number of carbonyl (C=O) groups is 1. The third-order valence-electron chi connectivity index (χ3n) is 3.16. The fraction of sp³-hybridized carbons (Fsp3) is 0.417. The largest absolute Gasteiger partial charge is 0.481 e. The number of rotatable bonds is 2. The van der Waals surface area contributed by atoms with E-state index in [2.05, 4.69) is 0 Å². The smallest absolute Gasteiger partial charge is 0.314 e. The fourth-order valence-corrected chi connectivity index (χ4v) is 2.03. The molecule has 0 aliphatic heterocycles. The number of halogens is 1. The monoisotopic (exact) mass is 208 g/mol. The van der Waals surface area contributed by atoms with Crippen LogP contribution >= 0.6 is 0 Å². The molecule has 0 heterocycles. The summed E-state index contributed by atoms with van der Waals surface area (Å²) in [6, 6.07) is 3.23. The van der Waals surface area contributed by atoms with Gasteiger partial charge in [0.1, 0.15) is 5.82 Å². The van der Waals surface area contributed by atoms with E-state index in [1.54, 1.807) is 19.9 Å². The zero-order valence-electron chi connectivity index (χ0n) is 8.80. The predicted molar refractivity (Wildman–Crippen MR) is 54.4 cm³/mol. The Labute approximate surface area is 87.7 Å². The molecule has 2 nitrogen and oxygen atoms in total. The maximum Gasteiger partial charge on any atom is 0.314 e. The summed E-state index contributed by atoms with van der Waals surface area (Å²) in [5.41, 5.74) is 1.09. The lowest BCUT2D eigenvalue weighted by Crippen LogP contribution is -2.21. The van der Waals surface area contributed by atoms with E-state index in [0.717, 1.165) is 5.56 Å². The van der Waals surface area contributed by atoms with Gasteiger partial charge in [0.15, 0.2) is 0 Å². The maximum atomic E-state index is 13.5. The molecule has 3 heteroatoms. The highest BCUT2D eigenvalue weighted by molar-refractivity contribution is 5.85. The molecule has 0 spiro atoms. The van der Waals surface area contributed by atoms with Gasteiger partial charge >= 0.3 is 5.97 Å². The minimum Gasteiger partial charge on any atom is -0.481 e. The zero-order chi connectivity index (χ0) is 11.2. The number of aliphatic carboxylic acids is 1. The summed E-state index contributed by atoms with van der Waals surface area (Å²) in [6.07, 6.45) is 1.23. The van der Waals surface area contributed by atoms with E-state index in [0.29, 0.717) is 24.0 Å². The van der Waals surface area contributed by atoms with Crippen molar-refractivity contribution >= 4 is 5.97 Å². The van der Waals surface area contributed by atoms with Gasteiger partial charge in [-0.05, 0) is 49.4 Å². The van der Waals surface area contributed by atoms with Crippen LogP contribution in [0.2, 0.25) is 0 Å². The van der Waals surface area contributed by atoms with Crippen LogP contribution in [0.25, 0.3) is 0 Å². The first kappa shape index (κ1) is 10.1. The van der Waals surface area contributed by atoms with Crippen molar-refractivity contribution in [2.75, 3.05) is 0 Å². The molecule has 0 atom stereocenters. The average Bonchev–Trinajstić information content (AvgIpc) is 2.91. The Bertz CT molecular complexity index is 433. The van der Waals surface area contributed by atoms with Crippen LogP contribution in [0, 0.1) is 19.7 Å². The quantitative estimate of drug-likeness (QED) is 0.811. The number of hydrogen-bond donors (Lipinski definition) is 1. The summed E-state index contributed by atoms with van der Waals surface area (Å²) in [5, 5.41) is 9.14. The Hall–Kier alpha value is -1.38. The molecule has 1 aliphatic rings. The van der Waals surface area contributed by atoms with Crippen LogP contribution in [0.1, 0.15) is 29.5 Å². The molecule has 15 heavy (non-hydrogen) atoms. The summed E-state index contributed by atoms with van der Waals surface area (Å²) in [4.78, 5) is 11.1. The highest BCUT2D eigenvalue weighted by Gasteiger charge is 2.52. The Balaban J connectivity index is 2.58. The SMILES string of the molecule is Cc1cc(F)c(C)c(C2(C(=O)O)CC2)c1. The summed E-state index contributed by atoms with van der Waals surface area (Å²) < 4.78 is 13.5. The molecule has 1 saturated carbocycles. The van der Waals surface area contributed by atoms with Crippen molar-refractivity contribution in [3.8, 4) is 0 Å². The van der Waals surface area contributed by atoms with Crippen molar-refractivity contribution in [2.45, 2.75) is 32.1 Å². The van der Waals surface area contributed by atoms with Gasteiger partial charge in [0.2, 0.25) is 0 Å². The van der Waals surface area contributed by atoms with Crippen LogP contribution in [0.3, 0.4) is 0 Å². The molecule has 0 saturated heterocycles. The van der Waals surface area contributed by atoms with Gasteiger partial charge in [-0.2, -0.15) is 0 Å². The number of carboxylic acid groups (broad SMARTS) is 1. The first-order valence-corrected chi connectivity index (χ1v) is 4.98. The Morgan fingerprint density at radius 1 is 1.40 bits per heavy atom. The second kappa shape index (κ2) is 3.05. The maximum absolute atomic E-state index is 13.5. The normalized spacial score (nSPS) is 17.5. The number of hydrogen-bond acceptors (Lipinski definition) is 1. The van der Waals surface area contributed by atoms with Crippen LogP contribution in [0.5, 0.6) is 0 Å². The van der Waals surface area contributed by atoms with E-state index in [4.69, 9.17) is 5.11 Å². The molecule has 0 unspecified atom stereocenters. The number of aryl methyl sites for hydroxylation is 1. The summed E-state index contributed by atoms with van der Waals surface area (Å²) in [7, 11) is 0. The molecule has 80 valence electrons. The lowest BCUT2D eigenvalue weighted by atomic mass is 9.90. The van der Waals surface area contributed by atoms with Gasteiger partial charge < -0.3 is 5.11 Å². The molecular formula is C12H13FO2. The van der Waals surface area contributed by atoms with Gasteiger partial charge in [-0.3, -0.25) is 4.79 Å². The minimum atomic E-state index is -0.837. The number of carboxylic acids is 1. The van der Waals surface area contributed by atoms with Crippen molar-refractivity contribution in [1.29, 1.82) is 0 Å². The van der Waals surface area contributed by atoms with E-state index in [9.17, 15) is 9.18 Å². The van der Waals surface area contributed by atoms with Gasteiger partial charge in [-0.25, -0.2) is 4.39 Å². The average molecular weight is 208 g/mol.